The molecule has 0 spiro atoms. The van der Waals surface area contributed by atoms with Crippen LogP contribution in [0.15, 0.2) is 158 Å². The van der Waals surface area contributed by atoms with Crippen LogP contribution in [0.2, 0.25) is 0 Å². The van der Waals surface area contributed by atoms with Gasteiger partial charge in [0.05, 0.1) is 91.1 Å². The van der Waals surface area contributed by atoms with Crippen molar-refractivity contribution in [3.05, 3.63) is 191 Å². The fourth-order valence-electron chi connectivity index (χ4n) is 8.94. The summed E-state index contributed by atoms with van der Waals surface area (Å²) in [6.07, 6.45) is -9.67. The van der Waals surface area contributed by atoms with Crippen LogP contribution in [0.25, 0.3) is 88.4 Å². The van der Waals surface area contributed by atoms with Crippen molar-refractivity contribution in [3.8, 4) is 69.0 Å². The highest BCUT2D eigenvalue weighted by molar-refractivity contribution is 6.12. The molecule has 2 heterocycles. The predicted molar refractivity (Wildman–Crippen MR) is 240 cm³/mol. The summed E-state index contributed by atoms with van der Waals surface area (Å²) in [6.45, 7) is 0. The van der Waals surface area contributed by atoms with Gasteiger partial charge in [0, 0.05) is 21.5 Å². The highest BCUT2D eigenvalue weighted by atomic mass is 19.4. The minimum atomic E-state index is -4.84. The number of nitriles is 4. The molecular formula is C54H26F6N6. The first-order chi connectivity index (χ1) is 31.8. The van der Waals surface area contributed by atoms with E-state index in [0.29, 0.717) is 65.9 Å². The number of fused-ring (bicyclic) bond motifs is 6. The molecule has 2 aromatic heterocycles. The number of hydrogen-bond donors (Lipinski definition) is 0. The minimum Gasteiger partial charge on any atom is -0.309 e. The molecule has 0 amide bonds. The van der Waals surface area contributed by atoms with Crippen molar-refractivity contribution >= 4 is 43.6 Å². The van der Waals surface area contributed by atoms with Gasteiger partial charge in [-0.15, -0.1) is 0 Å². The van der Waals surface area contributed by atoms with E-state index < -0.39 is 23.5 Å². The molecule has 0 bridgehead atoms. The normalized spacial score (nSPS) is 11.7. The van der Waals surface area contributed by atoms with Crippen LogP contribution in [0.1, 0.15) is 33.4 Å². The maximum Gasteiger partial charge on any atom is 0.418 e. The first-order valence-electron chi connectivity index (χ1n) is 20.2. The first kappa shape index (κ1) is 40.9. The van der Waals surface area contributed by atoms with Gasteiger partial charge in [0.15, 0.2) is 0 Å². The van der Waals surface area contributed by atoms with Gasteiger partial charge >= 0.3 is 12.4 Å². The Balaban J connectivity index is 1.18. The van der Waals surface area contributed by atoms with Crippen LogP contribution in [0.4, 0.5) is 26.3 Å². The van der Waals surface area contributed by atoms with Gasteiger partial charge in [0.2, 0.25) is 0 Å². The summed E-state index contributed by atoms with van der Waals surface area (Å²) >= 11 is 0. The summed E-state index contributed by atoms with van der Waals surface area (Å²) in [7, 11) is 0. The Morgan fingerprint density at radius 3 is 0.985 bits per heavy atom. The Hall–Kier alpha value is -9.10. The van der Waals surface area contributed by atoms with Crippen molar-refractivity contribution in [2.24, 2.45) is 0 Å². The molecule has 0 saturated heterocycles. The molecule has 0 aliphatic carbocycles. The zero-order valence-corrected chi connectivity index (χ0v) is 34.0. The average Bonchev–Trinajstić information content (AvgIpc) is 3.84. The van der Waals surface area contributed by atoms with Crippen LogP contribution >= 0.6 is 0 Å². The minimum absolute atomic E-state index is 0.224. The SMILES string of the molecule is N#Cc1cc(C#N)cc(-c2ccc3c(c2)c2ccccc2n3-c2cc(-c3ccc(C(F)(F)F)c(-n4c5ccccc5c5cc(-c6cc(C#N)cc(C#N)c6)ccc54)c3)ccc2C(F)(F)F)c1. The second-order valence-corrected chi connectivity index (χ2v) is 15.7. The number of aromatic nitrogens is 2. The molecular weight excluding hydrogens is 847 g/mol. The maximum absolute atomic E-state index is 15.1. The average molecular weight is 873 g/mol. The Labute approximate surface area is 371 Å². The number of alkyl halides is 6. The van der Waals surface area contributed by atoms with E-state index in [2.05, 4.69) is 24.3 Å². The van der Waals surface area contributed by atoms with E-state index in [1.165, 1.54) is 45.5 Å². The lowest BCUT2D eigenvalue weighted by Gasteiger charge is -2.20. The number of nitrogens with zero attached hydrogens (tertiary/aromatic N) is 6. The molecule has 0 fully saturated rings. The Morgan fingerprint density at radius 1 is 0.318 bits per heavy atom. The van der Waals surface area contributed by atoms with Crippen LogP contribution in [-0.2, 0) is 12.4 Å². The van der Waals surface area contributed by atoms with Gasteiger partial charge in [-0.05, 0) is 130 Å². The predicted octanol–water partition coefficient (Wildman–Crippen LogP) is 14.4. The van der Waals surface area contributed by atoms with Gasteiger partial charge in [0.1, 0.15) is 0 Å². The van der Waals surface area contributed by atoms with Crippen LogP contribution in [0, 0.1) is 45.3 Å². The molecule has 12 heteroatoms. The van der Waals surface area contributed by atoms with E-state index in [1.54, 1.807) is 109 Å². The molecule has 0 aliphatic rings. The number of hydrogen-bond acceptors (Lipinski definition) is 4. The van der Waals surface area contributed by atoms with Crippen molar-refractivity contribution in [3.63, 3.8) is 0 Å². The summed E-state index contributed by atoms with van der Waals surface area (Å²) in [6, 6.07) is 49.0. The number of halogens is 6. The molecule has 0 saturated carbocycles. The van der Waals surface area contributed by atoms with Crippen molar-refractivity contribution in [1.82, 2.24) is 9.13 Å². The standard InChI is InChI=1S/C54H26F6N6/c55-53(56,57)45-13-9-37(25-51(45)65-47-7-3-1-5-41(47)43-23-35(11-15-49(43)65)39-19-31(27-61)17-32(20-39)28-62)38-10-14-46(54(58,59)60)52(26-38)66-48-8-4-2-6-42(48)44-24-36(12-16-50(44)66)40-21-33(29-63)18-34(22-40)30-64/h1-26H. The molecule has 0 unspecified atom stereocenters. The molecule has 0 N–H and O–H groups in total. The Morgan fingerprint density at radius 2 is 0.636 bits per heavy atom. The molecule has 6 nitrogen and oxygen atoms in total. The summed E-state index contributed by atoms with van der Waals surface area (Å²) in [4.78, 5) is 0. The Kier molecular flexibility index (Phi) is 9.50. The van der Waals surface area contributed by atoms with E-state index in [0.717, 1.165) is 12.1 Å². The molecule has 0 atom stereocenters. The lowest BCUT2D eigenvalue weighted by atomic mass is 9.98. The van der Waals surface area contributed by atoms with Crippen molar-refractivity contribution in [2.75, 3.05) is 0 Å². The van der Waals surface area contributed by atoms with Crippen molar-refractivity contribution in [2.45, 2.75) is 12.4 Å². The fraction of sp³-hybridized carbons (Fsp3) is 0.0370. The summed E-state index contributed by atoms with van der Waals surface area (Å²) in [5.41, 5.74) is 3.22. The highest BCUT2D eigenvalue weighted by Gasteiger charge is 2.37. The Bertz CT molecular complexity index is 3540. The van der Waals surface area contributed by atoms with E-state index in [4.69, 9.17) is 0 Å². The lowest BCUT2D eigenvalue weighted by Crippen LogP contribution is -2.12. The van der Waals surface area contributed by atoms with Crippen LogP contribution in [0.5, 0.6) is 0 Å². The monoisotopic (exact) mass is 872 g/mol. The third kappa shape index (κ3) is 6.82. The summed E-state index contributed by atoms with van der Waals surface area (Å²) < 4.78 is 93.7. The van der Waals surface area contributed by atoms with E-state index in [-0.39, 0.29) is 44.8 Å². The molecule has 0 radical (unpaired) electrons. The molecule has 0 aliphatic heterocycles. The van der Waals surface area contributed by atoms with Crippen LogP contribution in [-0.4, -0.2) is 9.13 Å². The second-order valence-electron chi connectivity index (χ2n) is 15.7. The number of rotatable bonds is 5. The van der Waals surface area contributed by atoms with Crippen molar-refractivity contribution < 1.29 is 26.3 Å². The molecule has 8 aromatic carbocycles. The van der Waals surface area contributed by atoms with Crippen LogP contribution < -0.4 is 0 Å². The van der Waals surface area contributed by atoms with E-state index >= 15 is 26.3 Å². The lowest BCUT2D eigenvalue weighted by molar-refractivity contribution is -0.138. The number of para-hydroxylation sites is 2. The third-order valence-corrected chi connectivity index (χ3v) is 11.8. The second kappa shape index (κ2) is 15.3. The summed E-state index contributed by atoms with van der Waals surface area (Å²) in [5.74, 6) is 0. The zero-order valence-electron chi connectivity index (χ0n) is 34.0. The highest BCUT2D eigenvalue weighted by Crippen LogP contribution is 2.45. The van der Waals surface area contributed by atoms with Crippen LogP contribution in [0.3, 0.4) is 0 Å². The van der Waals surface area contributed by atoms with Gasteiger partial charge < -0.3 is 9.13 Å². The summed E-state index contributed by atoms with van der Waals surface area (Å²) in [5, 5.41) is 40.9. The van der Waals surface area contributed by atoms with E-state index in [9.17, 15) is 21.0 Å². The van der Waals surface area contributed by atoms with Gasteiger partial charge in [-0.3, -0.25) is 0 Å². The topological polar surface area (TPSA) is 105 Å². The maximum atomic E-state index is 15.1. The molecule has 66 heavy (non-hydrogen) atoms. The first-order valence-corrected chi connectivity index (χ1v) is 20.2. The number of benzene rings is 8. The van der Waals surface area contributed by atoms with Gasteiger partial charge in [0.25, 0.3) is 0 Å². The molecule has 10 aromatic rings. The quantitative estimate of drug-likeness (QED) is 0.161. The zero-order chi connectivity index (χ0) is 46.1. The van der Waals surface area contributed by atoms with Gasteiger partial charge in [-0.2, -0.15) is 47.4 Å². The largest absolute Gasteiger partial charge is 0.418 e. The third-order valence-electron chi connectivity index (χ3n) is 11.8. The van der Waals surface area contributed by atoms with E-state index in [1.807, 2.05) is 0 Å². The van der Waals surface area contributed by atoms with Gasteiger partial charge in [-0.25, -0.2) is 0 Å². The van der Waals surface area contributed by atoms with Crippen molar-refractivity contribution in [1.29, 1.82) is 21.0 Å². The van der Waals surface area contributed by atoms with Gasteiger partial charge in [-0.1, -0.05) is 60.7 Å². The smallest absolute Gasteiger partial charge is 0.309 e. The fourth-order valence-corrected chi connectivity index (χ4v) is 8.94. The molecule has 314 valence electrons. The molecule has 10 rings (SSSR count).